The number of hydrogen-bond donors (Lipinski definition) is 2. The van der Waals surface area contributed by atoms with Crippen LogP contribution in [0.1, 0.15) is 18.9 Å². The lowest BCUT2D eigenvalue weighted by Gasteiger charge is -2.20. The van der Waals surface area contributed by atoms with E-state index in [-0.39, 0.29) is 30.6 Å². The molecule has 1 amide bonds. The standard InChI is InChI=1S/C15H21NO3/c1-11-7-8-19-14(11)15(18)16-13(10-17)9-12-5-3-2-4-6-12/h2-6,11,13-14,17H,7-10H2,1H3,(H,16,18). The highest BCUT2D eigenvalue weighted by atomic mass is 16.5. The van der Waals surface area contributed by atoms with E-state index in [1.165, 1.54) is 0 Å². The highest BCUT2D eigenvalue weighted by Crippen LogP contribution is 2.20. The van der Waals surface area contributed by atoms with E-state index in [0.717, 1.165) is 12.0 Å². The molecule has 4 nitrogen and oxygen atoms in total. The number of rotatable bonds is 5. The van der Waals surface area contributed by atoms with Gasteiger partial charge in [0.05, 0.1) is 12.6 Å². The minimum absolute atomic E-state index is 0.0677. The summed E-state index contributed by atoms with van der Waals surface area (Å²) in [6.07, 6.45) is 1.18. The van der Waals surface area contributed by atoms with Crippen molar-refractivity contribution in [1.82, 2.24) is 5.32 Å². The normalized spacial score (nSPS) is 24.1. The van der Waals surface area contributed by atoms with Gasteiger partial charge in [0.2, 0.25) is 5.91 Å². The Labute approximate surface area is 113 Å². The maximum absolute atomic E-state index is 12.1. The van der Waals surface area contributed by atoms with Crippen molar-refractivity contribution in [2.24, 2.45) is 5.92 Å². The Morgan fingerprint density at radius 1 is 1.47 bits per heavy atom. The summed E-state index contributed by atoms with van der Waals surface area (Å²) in [6, 6.07) is 9.57. The van der Waals surface area contributed by atoms with Gasteiger partial charge in [-0.2, -0.15) is 0 Å². The molecule has 1 aromatic carbocycles. The predicted octanol–water partition coefficient (Wildman–Crippen LogP) is 1.13. The summed E-state index contributed by atoms with van der Waals surface area (Å²) in [5.41, 5.74) is 1.10. The number of carbonyl (C=O) groups excluding carboxylic acids is 1. The van der Waals surface area contributed by atoms with Crippen molar-refractivity contribution >= 4 is 5.91 Å². The summed E-state index contributed by atoms with van der Waals surface area (Å²) in [7, 11) is 0. The van der Waals surface area contributed by atoms with Crippen LogP contribution in [0, 0.1) is 5.92 Å². The maximum atomic E-state index is 12.1. The first-order valence-corrected chi connectivity index (χ1v) is 6.77. The monoisotopic (exact) mass is 263 g/mol. The molecule has 3 unspecified atom stereocenters. The molecule has 1 aromatic rings. The maximum Gasteiger partial charge on any atom is 0.249 e. The van der Waals surface area contributed by atoms with Gasteiger partial charge in [0.15, 0.2) is 0 Å². The van der Waals surface area contributed by atoms with Gasteiger partial charge >= 0.3 is 0 Å². The van der Waals surface area contributed by atoms with E-state index in [1.54, 1.807) is 0 Å². The number of ether oxygens (including phenoxy) is 1. The van der Waals surface area contributed by atoms with E-state index in [4.69, 9.17) is 4.74 Å². The average molecular weight is 263 g/mol. The van der Waals surface area contributed by atoms with Crippen LogP contribution in [0.5, 0.6) is 0 Å². The van der Waals surface area contributed by atoms with E-state index in [1.807, 2.05) is 37.3 Å². The fourth-order valence-electron chi connectivity index (χ4n) is 2.37. The average Bonchev–Trinajstić information content (AvgIpc) is 2.85. The molecule has 1 heterocycles. The first-order chi connectivity index (χ1) is 9.20. The van der Waals surface area contributed by atoms with Gasteiger partial charge in [0.25, 0.3) is 0 Å². The first kappa shape index (κ1) is 14.0. The van der Waals surface area contributed by atoms with Crippen LogP contribution in [-0.4, -0.2) is 36.4 Å². The number of carbonyl (C=O) groups is 1. The lowest BCUT2D eigenvalue weighted by Crippen LogP contribution is -2.45. The molecule has 0 saturated carbocycles. The molecule has 2 N–H and O–H groups in total. The molecule has 3 atom stereocenters. The van der Waals surface area contributed by atoms with E-state index in [2.05, 4.69) is 5.32 Å². The molecular weight excluding hydrogens is 242 g/mol. The lowest BCUT2D eigenvalue weighted by molar-refractivity contribution is -0.132. The van der Waals surface area contributed by atoms with Gasteiger partial charge in [-0.1, -0.05) is 37.3 Å². The van der Waals surface area contributed by atoms with Crippen molar-refractivity contribution in [3.05, 3.63) is 35.9 Å². The van der Waals surface area contributed by atoms with Crippen LogP contribution >= 0.6 is 0 Å². The highest BCUT2D eigenvalue weighted by molar-refractivity contribution is 5.81. The van der Waals surface area contributed by atoms with Crippen LogP contribution in [-0.2, 0) is 16.0 Å². The first-order valence-electron chi connectivity index (χ1n) is 6.77. The van der Waals surface area contributed by atoms with E-state index < -0.39 is 0 Å². The zero-order valence-electron chi connectivity index (χ0n) is 11.2. The van der Waals surface area contributed by atoms with Crippen LogP contribution in [0.2, 0.25) is 0 Å². The molecule has 4 heteroatoms. The van der Waals surface area contributed by atoms with Gasteiger partial charge in [-0.3, -0.25) is 4.79 Å². The molecule has 104 valence electrons. The summed E-state index contributed by atoms with van der Waals surface area (Å²) in [4.78, 5) is 12.1. The minimum Gasteiger partial charge on any atom is -0.394 e. The fourth-order valence-corrected chi connectivity index (χ4v) is 2.37. The second-order valence-electron chi connectivity index (χ2n) is 5.14. The lowest BCUT2D eigenvalue weighted by atomic mass is 10.0. The fraction of sp³-hybridized carbons (Fsp3) is 0.533. The van der Waals surface area contributed by atoms with Crippen LogP contribution in [0.25, 0.3) is 0 Å². The Morgan fingerprint density at radius 3 is 2.79 bits per heavy atom. The number of nitrogens with one attached hydrogen (secondary N) is 1. The smallest absolute Gasteiger partial charge is 0.249 e. The molecule has 2 rings (SSSR count). The number of amides is 1. The van der Waals surface area contributed by atoms with Crippen LogP contribution in [0.15, 0.2) is 30.3 Å². The third-order valence-corrected chi connectivity index (χ3v) is 3.54. The van der Waals surface area contributed by atoms with Crippen molar-refractivity contribution in [1.29, 1.82) is 0 Å². The number of hydrogen-bond acceptors (Lipinski definition) is 3. The quantitative estimate of drug-likeness (QED) is 0.837. The summed E-state index contributed by atoms with van der Waals surface area (Å²) < 4.78 is 5.43. The molecule has 1 fully saturated rings. The van der Waals surface area contributed by atoms with E-state index >= 15 is 0 Å². The molecule has 0 aliphatic carbocycles. The second kappa shape index (κ2) is 6.68. The Balaban J connectivity index is 1.90. The summed E-state index contributed by atoms with van der Waals surface area (Å²) >= 11 is 0. The van der Waals surface area contributed by atoms with Crippen molar-refractivity contribution in [3.8, 4) is 0 Å². The van der Waals surface area contributed by atoms with Crippen LogP contribution in [0.3, 0.4) is 0 Å². The van der Waals surface area contributed by atoms with Crippen molar-refractivity contribution in [2.45, 2.75) is 31.9 Å². The number of aliphatic hydroxyl groups excluding tert-OH is 1. The Morgan fingerprint density at radius 2 is 2.21 bits per heavy atom. The largest absolute Gasteiger partial charge is 0.394 e. The Kier molecular flexibility index (Phi) is 4.93. The molecular formula is C15H21NO3. The molecule has 1 aliphatic heterocycles. The van der Waals surface area contributed by atoms with Gasteiger partial charge < -0.3 is 15.2 Å². The second-order valence-corrected chi connectivity index (χ2v) is 5.14. The Bertz CT molecular complexity index is 407. The van der Waals surface area contributed by atoms with Gasteiger partial charge in [0, 0.05) is 6.61 Å². The van der Waals surface area contributed by atoms with Gasteiger partial charge in [-0.15, -0.1) is 0 Å². The summed E-state index contributed by atoms with van der Waals surface area (Å²) in [5.74, 6) is 0.135. The third-order valence-electron chi connectivity index (χ3n) is 3.54. The van der Waals surface area contributed by atoms with Crippen LogP contribution < -0.4 is 5.32 Å². The molecule has 0 bridgehead atoms. The number of benzene rings is 1. The number of aliphatic hydroxyl groups is 1. The molecule has 0 aromatic heterocycles. The predicted molar refractivity (Wildman–Crippen MR) is 72.7 cm³/mol. The van der Waals surface area contributed by atoms with Gasteiger partial charge in [-0.25, -0.2) is 0 Å². The Hall–Kier alpha value is -1.39. The third kappa shape index (κ3) is 3.78. The SMILES string of the molecule is CC1CCOC1C(=O)NC(CO)Cc1ccccc1. The molecule has 0 radical (unpaired) electrons. The molecule has 19 heavy (non-hydrogen) atoms. The summed E-state index contributed by atoms with van der Waals surface area (Å²) in [5, 5.41) is 12.3. The van der Waals surface area contributed by atoms with Crippen molar-refractivity contribution in [2.75, 3.05) is 13.2 Å². The molecule has 1 aliphatic rings. The zero-order valence-corrected chi connectivity index (χ0v) is 11.2. The summed E-state index contributed by atoms with van der Waals surface area (Å²) in [6.45, 7) is 2.59. The van der Waals surface area contributed by atoms with Crippen LogP contribution in [0.4, 0.5) is 0 Å². The van der Waals surface area contributed by atoms with Crippen molar-refractivity contribution < 1.29 is 14.6 Å². The highest BCUT2D eigenvalue weighted by Gasteiger charge is 2.31. The van der Waals surface area contributed by atoms with E-state index in [0.29, 0.717) is 13.0 Å². The van der Waals surface area contributed by atoms with Gasteiger partial charge in [-0.05, 0) is 24.3 Å². The van der Waals surface area contributed by atoms with Crippen molar-refractivity contribution in [3.63, 3.8) is 0 Å². The topological polar surface area (TPSA) is 58.6 Å². The molecule has 1 saturated heterocycles. The zero-order chi connectivity index (χ0) is 13.7. The van der Waals surface area contributed by atoms with E-state index in [9.17, 15) is 9.90 Å². The molecule has 0 spiro atoms. The van der Waals surface area contributed by atoms with Gasteiger partial charge in [0.1, 0.15) is 6.10 Å². The minimum atomic E-state index is -0.371.